The summed E-state index contributed by atoms with van der Waals surface area (Å²) in [5.74, 6) is 0. The fraction of sp³-hybridized carbons (Fsp3) is 0.0357. The highest BCUT2D eigenvalue weighted by atomic mass is 32.1. The average Bonchev–Trinajstić information content (AvgIpc) is 3.85. The van der Waals surface area contributed by atoms with Gasteiger partial charge in [0.25, 0.3) is 0 Å². The number of fused-ring (bicyclic) bond motifs is 9. The molecule has 0 N–H and O–H groups in total. The molecule has 0 bridgehead atoms. The molecule has 0 radical (unpaired) electrons. The van der Waals surface area contributed by atoms with Crippen molar-refractivity contribution in [2.24, 2.45) is 0 Å². The van der Waals surface area contributed by atoms with Gasteiger partial charge in [-0.05, 0) is 121 Å². The van der Waals surface area contributed by atoms with E-state index in [9.17, 15) is 0 Å². The fourth-order valence-corrected chi connectivity index (χ4v) is 11.5. The second-order valence-electron chi connectivity index (χ2n) is 15.9. The van der Waals surface area contributed by atoms with Crippen molar-refractivity contribution in [2.75, 3.05) is 9.80 Å². The van der Waals surface area contributed by atoms with Crippen molar-refractivity contribution < 1.29 is 0 Å². The maximum absolute atomic E-state index is 2.52. The van der Waals surface area contributed by atoms with Crippen molar-refractivity contribution >= 4 is 129 Å². The van der Waals surface area contributed by atoms with Gasteiger partial charge in [-0.2, -0.15) is 0 Å². The molecule has 12 aromatic rings. The first kappa shape index (κ1) is 35.0. The number of thiophene rings is 2. The number of hydrogen-bond acceptors (Lipinski definition) is 4. The summed E-state index contributed by atoms with van der Waals surface area (Å²) in [7, 11) is 0. The quantitative estimate of drug-likeness (QED) is 0.122. The van der Waals surface area contributed by atoms with Crippen LogP contribution in [-0.2, 0) is 0 Å². The predicted octanol–water partition coefficient (Wildman–Crippen LogP) is 17.4. The second kappa shape index (κ2) is 13.8. The summed E-state index contributed by atoms with van der Waals surface area (Å²) in [6.07, 6.45) is 0. The van der Waals surface area contributed by atoms with E-state index in [2.05, 4.69) is 218 Å². The molecule has 284 valence electrons. The predicted molar refractivity (Wildman–Crippen MR) is 264 cm³/mol. The SMILES string of the molecule is Cc1cccc(N(c2ccc3sc4ccccc4c3c2)c2c3ccccc3c(N(c3cccc(C)c3)c3ccc4sc5ccccc5c4c3)c3cc4ccccc4cc23)c1. The fourth-order valence-electron chi connectivity index (χ4n) is 9.36. The summed E-state index contributed by atoms with van der Waals surface area (Å²) in [5, 5.41) is 12.3. The van der Waals surface area contributed by atoms with Crippen molar-refractivity contribution in [3.63, 3.8) is 0 Å². The molecular formula is C56H38N2S2. The molecule has 2 heterocycles. The number of rotatable bonds is 6. The summed E-state index contributed by atoms with van der Waals surface area (Å²) in [6.45, 7) is 4.38. The average molecular weight is 803 g/mol. The van der Waals surface area contributed by atoms with E-state index < -0.39 is 0 Å². The first-order chi connectivity index (χ1) is 29.6. The van der Waals surface area contributed by atoms with Crippen LogP contribution >= 0.6 is 22.7 Å². The Hall–Kier alpha value is -6.98. The van der Waals surface area contributed by atoms with E-state index in [4.69, 9.17) is 0 Å². The van der Waals surface area contributed by atoms with Crippen LogP contribution in [0.3, 0.4) is 0 Å². The minimum atomic E-state index is 1.13. The standard InChI is InChI=1S/C56H38N2S2/c1-35-13-11-17-39(29-35)57(41-25-27-53-47(33-41)43-19-7-9-23-51(43)59-53)55-45-21-5-6-22-46(45)56(50-32-38-16-4-3-15-37(38)31-49(50)55)58(40-18-12-14-36(2)30-40)42-26-28-54-48(34-42)44-20-8-10-24-52(44)60-54/h3-34H,1-2H3. The Labute approximate surface area is 356 Å². The van der Waals surface area contributed by atoms with Crippen LogP contribution in [0.15, 0.2) is 194 Å². The molecule has 0 atom stereocenters. The molecule has 0 aliphatic rings. The van der Waals surface area contributed by atoms with Gasteiger partial charge in [-0.1, -0.05) is 109 Å². The van der Waals surface area contributed by atoms with E-state index in [0.29, 0.717) is 0 Å². The van der Waals surface area contributed by atoms with E-state index in [1.807, 2.05) is 22.7 Å². The first-order valence-electron chi connectivity index (χ1n) is 20.5. The smallest absolute Gasteiger partial charge is 0.0620 e. The molecule has 2 nitrogen and oxygen atoms in total. The zero-order valence-electron chi connectivity index (χ0n) is 33.2. The van der Waals surface area contributed by atoms with Crippen molar-refractivity contribution in [3.05, 3.63) is 205 Å². The normalized spacial score (nSPS) is 11.8. The van der Waals surface area contributed by atoms with Crippen LogP contribution in [0.2, 0.25) is 0 Å². The Morgan fingerprint density at radius 1 is 0.283 bits per heavy atom. The molecule has 4 heteroatoms. The van der Waals surface area contributed by atoms with E-state index in [1.54, 1.807) is 0 Å². The minimum Gasteiger partial charge on any atom is -0.309 e. The van der Waals surface area contributed by atoms with Crippen LogP contribution in [0.4, 0.5) is 34.1 Å². The van der Waals surface area contributed by atoms with Gasteiger partial charge in [0.2, 0.25) is 0 Å². The minimum absolute atomic E-state index is 1.13. The Morgan fingerprint density at radius 2 is 0.667 bits per heavy atom. The molecule has 0 fully saturated rings. The van der Waals surface area contributed by atoms with Crippen molar-refractivity contribution in [2.45, 2.75) is 13.8 Å². The molecule has 60 heavy (non-hydrogen) atoms. The molecule has 0 unspecified atom stereocenters. The maximum atomic E-state index is 2.52. The van der Waals surface area contributed by atoms with Crippen LogP contribution in [0.25, 0.3) is 72.7 Å². The molecule has 0 aliphatic heterocycles. The first-order valence-corrected chi connectivity index (χ1v) is 22.1. The highest BCUT2D eigenvalue weighted by Gasteiger charge is 2.27. The molecule has 0 amide bonds. The molecule has 10 aromatic carbocycles. The van der Waals surface area contributed by atoms with Crippen LogP contribution < -0.4 is 9.80 Å². The van der Waals surface area contributed by atoms with Gasteiger partial charge in [0, 0.05) is 84.6 Å². The number of aryl methyl sites for hydroxylation is 2. The van der Waals surface area contributed by atoms with Gasteiger partial charge in [0.1, 0.15) is 0 Å². The lowest BCUT2D eigenvalue weighted by Gasteiger charge is -2.33. The molecule has 0 aliphatic carbocycles. The van der Waals surface area contributed by atoms with Crippen molar-refractivity contribution in [1.29, 1.82) is 0 Å². The van der Waals surface area contributed by atoms with Crippen LogP contribution in [-0.4, -0.2) is 0 Å². The highest BCUT2D eigenvalue weighted by molar-refractivity contribution is 7.26. The van der Waals surface area contributed by atoms with Crippen LogP contribution in [0, 0.1) is 13.8 Å². The van der Waals surface area contributed by atoms with Gasteiger partial charge in [0.05, 0.1) is 11.4 Å². The molecule has 0 spiro atoms. The van der Waals surface area contributed by atoms with E-state index in [0.717, 1.165) is 22.7 Å². The zero-order chi connectivity index (χ0) is 39.9. The Morgan fingerprint density at radius 3 is 1.12 bits per heavy atom. The number of benzene rings is 10. The molecule has 0 saturated carbocycles. The van der Waals surface area contributed by atoms with Crippen molar-refractivity contribution in [1.82, 2.24) is 0 Å². The van der Waals surface area contributed by atoms with E-state index in [1.165, 1.54) is 95.2 Å². The van der Waals surface area contributed by atoms with Gasteiger partial charge >= 0.3 is 0 Å². The summed E-state index contributed by atoms with van der Waals surface area (Å²) in [6, 6.07) is 72.3. The third-order valence-electron chi connectivity index (χ3n) is 12.0. The third kappa shape index (κ3) is 5.60. The lowest BCUT2D eigenvalue weighted by atomic mass is 9.93. The van der Waals surface area contributed by atoms with Gasteiger partial charge in [-0.3, -0.25) is 0 Å². The summed E-state index contributed by atoms with van der Waals surface area (Å²) >= 11 is 3.73. The molecule has 12 rings (SSSR count). The van der Waals surface area contributed by atoms with Crippen LogP contribution in [0.1, 0.15) is 11.1 Å². The zero-order valence-corrected chi connectivity index (χ0v) is 34.8. The second-order valence-corrected chi connectivity index (χ2v) is 18.1. The monoisotopic (exact) mass is 802 g/mol. The van der Waals surface area contributed by atoms with Gasteiger partial charge in [-0.25, -0.2) is 0 Å². The Bertz CT molecular complexity index is 3430. The van der Waals surface area contributed by atoms with Gasteiger partial charge < -0.3 is 9.80 Å². The van der Waals surface area contributed by atoms with Crippen LogP contribution in [0.5, 0.6) is 0 Å². The Balaban J connectivity index is 1.22. The lowest BCUT2D eigenvalue weighted by molar-refractivity contribution is 1.29. The van der Waals surface area contributed by atoms with Gasteiger partial charge in [-0.15, -0.1) is 22.7 Å². The topological polar surface area (TPSA) is 6.48 Å². The van der Waals surface area contributed by atoms with Gasteiger partial charge in [0.15, 0.2) is 0 Å². The largest absolute Gasteiger partial charge is 0.309 e. The van der Waals surface area contributed by atoms with E-state index >= 15 is 0 Å². The maximum Gasteiger partial charge on any atom is 0.0620 e. The summed E-state index contributed by atoms with van der Waals surface area (Å²) in [5.41, 5.74) is 9.31. The van der Waals surface area contributed by atoms with Crippen molar-refractivity contribution in [3.8, 4) is 0 Å². The van der Waals surface area contributed by atoms with E-state index in [-0.39, 0.29) is 0 Å². The highest BCUT2D eigenvalue weighted by Crippen LogP contribution is 2.53. The molecule has 0 saturated heterocycles. The molecular weight excluding hydrogens is 765 g/mol. The Kier molecular flexibility index (Phi) is 8.06. The number of hydrogen-bond donors (Lipinski definition) is 0. The molecule has 2 aromatic heterocycles. The summed E-state index contributed by atoms with van der Waals surface area (Å²) < 4.78 is 5.21. The lowest BCUT2D eigenvalue weighted by Crippen LogP contribution is -2.15. The number of nitrogens with zero attached hydrogens (tertiary/aromatic N) is 2. The third-order valence-corrected chi connectivity index (χ3v) is 14.3. The number of anilines is 6. The summed E-state index contributed by atoms with van der Waals surface area (Å²) in [4.78, 5) is 5.03.